The molecule has 3 heteroatoms. The molecule has 0 radical (unpaired) electrons. The maximum Gasteiger partial charge on any atom is 0.120 e. The van der Waals surface area contributed by atoms with Crippen molar-refractivity contribution in [1.29, 1.82) is 0 Å². The number of benzene rings is 1. The van der Waals surface area contributed by atoms with E-state index in [9.17, 15) is 5.11 Å². The average Bonchev–Trinajstić information content (AvgIpc) is 2.61. The molecule has 2 atom stereocenters. The maximum atomic E-state index is 9.84. The van der Waals surface area contributed by atoms with Gasteiger partial charge in [0, 0.05) is 25.2 Å². The molecule has 94 valence electrons. The molecule has 17 heavy (non-hydrogen) atoms. The summed E-state index contributed by atoms with van der Waals surface area (Å²) in [6.45, 7) is 7.60. The van der Waals surface area contributed by atoms with Gasteiger partial charge in [-0.15, -0.1) is 0 Å². The second-order valence-electron chi connectivity index (χ2n) is 5.14. The summed E-state index contributed by atoms with van der Waals surface area (Å²) in [6, 6.07) is 5.41. The molecule has 1 fully saturated rings. The summed E-state index contributed by atoms with van der Waals surface area (Å²) in [7, 11) is 1.65. The van der Waals surface area contributed by atoms with E-state index in [0.717, 1.165) is 42.8 Å². The average molecular weight is 235 g/mol. The van der Waals surface area contributed by atoms with Crippen molar-refractivity contribution in [1.82, 2.24) is 4.90 Å². The topological polar surface area (TPSA) is 32.7 Å². The molecule has 0 amide bonds. The largest absolute Gasteiger partial charge is 0.508 e. The number of likely N-dealkylation sites (tertiary alicyclic amines) is 1. The van der Waals surface area contributed by atoms with Crippen LogP contribution in [0, 0.1) is 11.8 Å². The zero-order chi connectivity index (χ0) is 12.4. The van der Waals surface area contributed by atoms with E-state index in [2.05, 4.69) is 18.7 Å². The minimum Gasteiger partial charge on any atom is -0.508 e. The molecule has 0 aromatic heterocycles. The monoisotopic (exact) mass is 235 g/mol. The first-order valence-corrected chi connectivity index (χ1v) is 6.18. The van der Waals surface area contributed by atoms with E-state index in [1.807, 2.05) is 6.07 Å². The lowest BCUT2D eigenvalue weighted by Gasteiger charge is -2.16. The molecule has 1 saturated heterocycles. The van der Waals surface area contributed by atoms with Gasteiger partial charge in [-0.1, -0.05) is 13.8 Å². The summed E-state index contributed by atoms with van der Waals surface area (Å²) < 4.78 is 5.19. The summed E-state index contributed by atoms with van der Waals surface area (Å²) in [4.78, 5) is 2.39. The summed E-state index contributed by atoms with van der Waals surface area (Å²) in [6.07, 6.45) is 0. The second-order valence-corrected chi connectivity index (χ2v) is 5.14. The molecule has 1 aliphatic heterocycles. The van der Waals surface area contributed by atoms with Gasteiger partial charge in [-0.25, -0.2) is 0 Å². The molecule has 2 rings (SSSR count). The van der Waals surface area contributed by atoms with Crippen molar-refractivity contribution in [2.45, 2.75) is 20.4 Å². The van der Waals surface area contributed by atoms with Gasteiger partial charge in [-0.2, -0.15) is 0 Å². The van der Waals surface area contributed by atoms with Crippen LogP contribution in [0.5, 0.6) is 11.5 Å². The number of ether oxygens (including phenoxy) is 1. The zero-order valence-electron chi connectivity index (χ0n) is 10.8. The third-order valence-corrected chi connectivity index (χ3v) is 3.74. The summed E-state index contributed by atoms with van der Waals surface area (Å²) in [5.74, 6) is 2.64. The first-order valence-electron chi connectivity index (χ1n) is 6.18. The third-order valence-electron chi connectivity index (χ3n) is 3.74. The number of hydrogen-bond donors (Lipinski definition) is 1. The number of hydrogen-bond acceptors (Lipinski definition) is 3. The number of methoxy groups -OCH3 is 1. The van der Waals surface area contributed by atoms with Crippen LogP contribution in [0.25, 0.3) is 0 Å². The highest BCUT2D eigenvalue weighted by Crippen LogP contribution is 2.28. The Labute approximate surface area is 103 Å². The van der Waals surface area contributed by atoms with Crippen molar-refractivity contribution in [3.8, 4) is 11.5 Å². The van der Waals surface area contributed by atoms with E-state index in [4.69, 9.17) is 4.74 Å². The zero-order valence-corrected chi connectivity index (χ0v) is 10.8. The van der Waals surface area contributed by atoms with Gasteiger partial charge in [0.25, 0.3) is 0 Å². The Morgan fingerprint density at radius 2 is 1.94 bits per heavy atom. The fraction of sp³-hybridized carbons (Fsp3) is 0.571. The van der Waals surface area contributed by atoms with Gasteiger partial charge in [0.15, 0.2) is 0 Å². The molecule has 1 heterocycles. The Kier molecular flexibility index (Phi) is 3.57. The molecule has 1 aliphatic rings. The quantitative estimate of drug-likeness (QED) is 0.873. The lowest BCUT2D eigenvalue weighted by molar-refractivity contribution is 0.309. The van der Waals surface area contributed by atoms with E-state index < -0.39 is 0 Å². The Hall–Kier alpha value is -1.22. The Balaban J connectivity index is 2.08. The van der Waals surface area contributed by atoms with Gasteiger partial charge in [0.05, 0.1) is 7.11 Å². The predicted molar refractivity (Wildman–Crippen MR) is 68.3 cm³/mol. The van der Waals surface area contributed by atoms with Gasteiger partial charge in [-0.05, 0) is 30.0 Å². The van der Waals surface area contributed by atoms with Crippen molar-refractivity contribution < 1.29 is 9.84 Å². The van der Waals surface area contributed by atoms with Gasteiger partial charge >= 0.3 is 0 Å². The fourth-order valence-electron chi connectivity index (χ4n) is 2.43. The normalized spacial score (nSPS) is 25.1. The van der Waals surface area contributed by atoms with Crippen molar-refractivity contribution in [3.05, 3.63) is 23.8 Å². The van der Waals surface area contributed by atoms with Crippen molar-refractivity contribution in [3.63, 3.8) is 0 Å². The predicted octanol–water partition coefficient (Wildman–Crippen LogP) is 2.49. The lowest BCUT2D eigenvalue weighted by Crippen LogP contribution is -2.20. The van der Waals surface area contributed by atoms with Gasteiger partial charge in [0.2, 0.25) is 0 Å². The highest BCUT2D eigenvalue weighted by atomic mass is 16.5. The van der Waals surface area contributed by atoms with Crippen LogP contribution in [0.15, 0.2) is 18.2 Å². The first-order chi connectivity index (χ1) is 8.10. The molecule has 1 aromatic carbocycles. The van der Waals surface area contributed by atoms with E-state index in [1.54, 1.807) is 19.2 Å². The summed E-state index contributed by atoms with van der Waals surface area (Å²) in [5.41, 5.74) is 0.950. The molecule has 0 spiro atoms. The smallest absolute Gasteiger partial charge is 0.120 e. The molecule has 2 unspecified atom stereocenters. The number of phenolic OH excluding ortho intramolecular Hbond substituents is 1. The number of phenols is 1. The van der Waals surface area contributed by atoms with Crippen LogP contribution in [0.4, 0.5) is 0 Å². The summed E-state index contributed by atoms with van der Waals surface area (Å²) >= 11 is 0. The van der Waals surface area contributed by atoms with Crippen molar-refractivity contribution >= 4 is 0 Å². The Bertz CT molecular complexity index is 382. The highest BCUT2D eigenvalue weighted by molar-refractivity contribution is 5.39. The standard InChI is InChI=1S/C14H21NO2/c1-10-7-15(8-11(10)2)9-12-6-13(17-3)4-5-14(12)16/h4-6,10-11,16H,7-9H2,1-3H3. The van der Waals surface area contributed by atoms with Crippen LogP contribution in [-0.2, 0) is 6.54 Å². The van der Waals surface area contributed by atoms with Gasteiger partial charge < -0.3 is 9.84 Å². The summed E-state index contributed by atoms with van der Waals surface area (Å²) in [5, 5.41) is 9.84. The first kappa shape index (κ1) is 12.2. The third kappa shape index (κ3) is 2.72. The number of nitrogens with zero attached hydrogens (tertiary/aromatic N) is 1. The fourth-order valence-corrected chi connectivity index (χ4v) is 2.43. The molecule has 0 saturated carbocycles. The number of aromatic hydroxyl groups is 1. The Morgan fingerprint density at radius 1 is 1.29 bits per heavy atom. The molecule has 3 nitrogen and oxygen atoms in total. The molecule has 0 bridgehead atoms. The van der Waals surface area contributed by atoms with E-state index in [0.29, 0.717) is 5.75 Å². The second kappa shape index (κ2) is 4.96. The molecule has 0 aliphatic carbocycles. The molecular formula is C14H21NO2. The van der Waals surface area contributed by atoms with Gasteiger partial charge in [0.1, 0.15) is 11.5 Å². The van der Waals surface area contributed by atoms with E-state index in [-0.39, 0.29) is 0 Å². The van der Waals surface area contributed by atoms with Gasteiger partial charge in [-0.3, -0.25) is 4.90 Å². The van der Waals surface area contributed by atoms with Crippen LogP contribution in [0.3, 0.4) is 0 Å². The van der Waals surface area contributed by atoms with Crippen LogP contribution >= 0.6 is 0 Å². The molecule has 1 N–H and O–H groups in total. The minimum absolute atomic E-state index is 0.359. The molecule has 1 aromatic rings. The highest BCUT2D eigenvalue weighted by Gasteiger charge is 2.26. The number of rotatable bonds is 3. The van der Waals surface area contributed by atoms with E-state index >= 15 is 0 Å². The maximum absolute atomic E-state index is 9.84. The minimum atomic E-state index is 0.359. The van der Waals surface area contributed by atoms with Crippen LogP contribution in [-0.4, -0.2) is 30.2 Å². The van der Waals surface area contributed by atoms with Crippen LogP contribution < -0.4 is 4.74 Å². The van der Waals surface area contributed by atoms with Crippen molar-refractivity contribution in [2.24, 2.45) is 11.8 Å². The van der Waals surface area contributed by atoms with Crippen LogP contribution in [0.1, 0.15) is 19.4 Å². The van der Waals surface area contributed by atoms with Crippen molar-refractivity contribution in [2.75, 3.05) is 20.2 Å². The molecular weight excluding hydrogens is 214 g/mol. The Morgan fingerprint density at radius 3 is 2.53 bits per heavy atom. The SMILES string of the molecule is COc1ccc(O)c(CN2CC(C)C(C)C2)c1. The lowest BCUT2D eigenvalue weighted by atomic mass is 10.0. The van der Waals surface area contributed by atoms with E-state index in [1.165, 1.54) is 0 Å². The van der Waals surface area contributed by atoms with Crippen LogP contribution in [0.2, 0.25) is 0 Å².